The van der Waals surface area contributed by atoms with Crippen molar-refractivity contribution in [3.05, 3.63) is 0 Å². The van der Waals surface area contributed by atoms with E-state index in [1.165, 1.54) is 0 Å². The molecule has 1 aliphatic rings. The van der Waals surface area contributed by atoms with Crippen LogP contribution in [0.5, 0.6) is 0 Å². The van der Waals surface area contributed by atoms with Gasteiger partial charge in [-0.2, -0.15) is 0 Å². The number of carboxylic acid groups (broad SMARTS) is 1. The van der Waals surface area contributed by atoms with Gasteiger partial charge in [0.05, 0.1) is 0 Å². The monoisotopic (exact) mass is 252 g/mol. The summed E-state index contributed by atoms with van der Waals surface area (Å²) < 4.78 is 5.10. The minimum absolute atomic E-state index is 0.338. The van der Waals surface area contributed by atoms with Crippen molar-refractivity contribution in [2.24, 2.45) is 5.92 Å². The van der Waals surface area contributed by atoms with Gasteiger partial charge >= 0.3 is 5.97 Å². The maximum Gasteiger partial charge on any atom is 0.335 e. The van der Waals surface area contributed by atoms with E-state index in [1.807, 2.05) is 0 Å². The van der Waals surface area contributed by atoms with E-state index >= 15 is 0 Å². The van der Waals surface area contributed by atoms with E-state index in [1.54, 1.807) is 13.8 Å². The van der Waals surface area contributed by atoms with Crippen molar-refractivity contribution in [1.82, 2.24) is 0 Å². The minimum Gasteiger partial charge on any atom is -0.479 e. The molecule has 1 rings (SSSR count). The third-order valence-corrected chi connectivity index (χ3v) is 3.68. The van der Waals surface area contributed by atoms with Gasteiger partial charge in [0.25, 0.3) is 0 Å². The summed E-state index contributed by atoms with van der Waals surface area (Å²) in [6, 6.07) is 0. The van der Waals surface area contributed by atoms with Gasteiger partial charge in [0.1, 0.15) is 23.2 Å². The summed E-state index contributed by atoms with van der Waals surface area (Å²) in [6.45, 7) is 3.33. The molecule has 1 fully saturated rings. The molecule has 1 aliphatic heterocycles. The lowest BCUT2D eigenvalue weighted by atomic mass is 9.88. The number of hydrogen-bond donors (Lipinski definition) is 5. The van der Waals surface area contributed by atoms with Gasteiger partial charge in [0.15, 0.2) is 6.10 Å². The number of carbonyl (C=O) groups is 1. The number of aliphatic hydroxyl groups is 3. The van der Waals surface area contributed by atoms with Crippen molar-refractivity contribution in [3.8, 4) is 0 Å². The van der Waals surface area contributed by atoms with Crippen LogP contribution in [0.25, 0.3) is 0 Å². The van der Waals surface area contributed by atoms with Crippen molar-refractivity contribution in [2.45, 2.75) is 43.2 Å². The number of aliphatic carboxylic acids is 1. The predicted octanol–water partition coefficient (Wildman–Crippen LogP) is -1.17. The molecule has 0 saturated carbocycles. The van der Waals surface area contributed by atoms with Crippen LogP contribution in [0, 0.1) is 5.92 Å². The second kappa shape index (κ2) is 4.50. The zero-order chi connectivity index (χ0) is 12.7. The Kier molecular flexibility index (Phi) is 3.86. The van der Waals surface area contributed by atoms with Crippen molar-refractivity contribution in [2.75, 3.05) is 0 Å². The molecular formula is C9H16O6S. The molecule has 0 spiro atoms. The predicted molar refractivity (Wildman–Crippen MR) is 57.1 cm³/mol. The van der Waals surface area contributed by atoms with Gasteiger partial charge < -0.3 is 25.2 Å². The summed E-state index contributed by atoms with van der Waals surface area (Å²) in [7, 11) is 0. The number of ether oxygens (including phenoxy) is 1. The van der Waals surface area contributed by atoms with Crippen LogP contribution in [0.1, 0.15) is 13.8 Å². The lowest BCUT2D eigenvalue weighted by Crippen LogP contribution is -2.65. The number of carboxylic acids is 1. The Labute approximate surface area is 98.3 Å². The quantitative estimate of drug-likeness (QED) is 0.397. The maximum atomic E-state index is 10.8. The van der Waals surface area contributed by atoms with E-state index in [0.717, 1.165) is 0 Å². The molecule has 0 bridgehead atoms. The van der Waals surface area contributed by atoms with Crippen molar-refractivity contribution in [3.63, 3.8) is 0 Å². The maximum absolute atomic E-state index is 10.8. The Morgan fingerprint density at radius 1 is 1.31 bits per heavy atom. The highest BCUT2D eigenvalue weighted by Crippen LogP contribution is 2.38. The van der Waals surface area contributed by atoms with Crippen molar-refractivity contribution in [1.29, 1.82) is 0 Å². The van der Waals surface area contributed by atoms with Crippen LogP contribution in [-0.2, 0) is 9.53 Å². The number of aliphatic hydroxyl groups excluding tert-OH is 3. The van der Waals surface area contributed by atoms with Crippen LogP contribution < -0.4 is 0 Å². The van der Waals surface area contributed by atoms with Gasteiger partial charge in [-0.1, -0.05) is 13.8 Å². The van der Waals surface area contributed by atoms with E-state index in [0.29, 0.717) is 0 Å². The SMILES string of the molecule is CC(C)[C@@]1(S)O[C@H](C(=O)O)[C@@H](O)[C@H](O)[C@H]1O. The summed E-state index contributed by atoms with van der Waals surface area (Å²) in [5.41, 5.74) is 0. The first-order chi connectivity index (χ1) is 7.21. The first-order valence-electron chi connectivity index (χ1n) is 4.89. The van der Waals surface area contributed by atoms with Crippen molar-refractivity contribution < 1.29 is 30.0 Å². The van der Waals surface area contributed by atoms with Gasteiger partial charge in [-0.15, -0.1) is 12.6 Å². The number of hydrogen-bond acceptors (Lipinski definition) is 6. The molecule has 4 N–H and O–H groups in total. The average Bonchev–Trinajstić information content (AvgIpc) is 2.19. The Hall–Kier alpha value is -0.340. The standard InChI is InChI=1S/C9H16O6S/c1-3(2)9(16)7(12)5(11)4(10)6(15-9)8(13)14/h3-7,10-12,16H,1-2H3,(H,13,14)/t4-,5-,6-,7+,9-/m0/s1. The topological polar surface area (TPSA) is 107 Å². The van der Waals surface area contributed by atoms with Gasteiger partial charge in [0.2, 0.25) is 0 Å². The van der Waals surface area contributed by atoms with E-state index in [9.17, 15) is 20.1 Å². The van der Waals surface area contributed by atoms with Crippen LogP contribution in [-0.4, -0.2) is 55.7 Å². The van der Waals surface area contributed by atoms with Crippen LogP contribution in [0.15, 0.2) is 0 Å². The van der Waals surface area contributed by atoms with Gasteiger partial charge in [-0.05, 0) is 5.92 Å². The first kappa shape index (κ1) is 13.7. The number of thiol groups is 1. The van der Waals surface area contributed by atoms with Crippen LogP contribution in [0.3, 0.4) is 0 Å². The van der Waals surface area contributed by atoms with E-state index in [-0.39, 0.29) is 5.92 Å². The Bertz CT molecular complexity index is 283. The third kappa shape index (κ3) is 2.05. The fourth-order valence-electron chi connectivity index (χ4n) is 1.63. The fraction of sp³-hybridized carbons (Fsp3) is 0.889. The molecule has 94 valence electrons. The summed E-state index contributed by atoms with van der Waals surface area (Å²) in [6.07, 6.45) is -6.33. The molecule has 0 amide bonds. The zero-order valence-corrected chi connectivity index (χ0v) is 9.83. The molecule has 0 aromatic carbocycles. The Morgan fingerprint density at radius 2 is 1.81 bits per heavy atom. The number of rotatable bonds is 2. The lowest BCUT2D eigenvalue weighted by molar-refractivity contribution is -0.247. The van der Waals surface area contributed by atoms with Crippen LogP contribution >= 0.6 is 12.6 Å². The summed E-state index contributed by atoms with van der Waals surface area (Å²) >= 11 is 4.09. The largest absolute Gasteiger partial charge is 0.479 e. The van der Waals surface area contributed by atoms with Crippen LogP contribution in [0.2, 0.25) is 0 Å². The molecule has 1 heterocycles. The summed E-state index contributed by atoms with van der Waals surface area (Å²) in [5.74, 6) is -1.74. The molecule has 16 heavy (non-hydrogen) atoms. The first-order valence-corrected chi connectivity index (χ1v) is 5.33. The second-order valence-corrected chi connectivity index (χ2v) is 4.91. The van der Waals surface area contributed by atoms with Gasteiger partial charge in [-0.25, -0.2) is 4.79 Å². The van der Waals surface area contributed by atoms with Crippen LogP contribution in [0.4, 0.5) is 0 Å². The molecule has 0 aromatic rings. The molecule has 0 radical (unpaired) electrons. The minimum atomic E-state index is -1.67. The molecule has 1 saturated heterocycles. The fourth-order valence-corrected chi connectivity index (χ4v) is 1.89. The third-order valence-electron chi connectivity index (χ3n) is 2.79. The van der Waals surface area contributed by atoms with E-state index in [4.69, 9.17) is 9.84 Å². The molecule has 0 aliphatic carbocycles. The molecule has 7 heteroatoms. The molecule has 0 unspecified atom stereocenters. The smallest absolute Gasteiger partial charge is 0.335 e. The highest BCUT2D eigenvalue weighted by molar-refractivity contribution is 7.81. The average molecular weight is 252 g/mol. The summed E-state index contributed by atoms with van der Waals surface area (Å²) in [5, 5.41) is 37.5. The van der Waals surface area contributed by atoms with E-state index in [2.05, 4.69) is 12.6 Å². The highest BCUT2D eigenvalue weighted by Gasteiger charge is 2.55. The second-order valence-electron chi connectivity index (χ2n) is 4.21. The van der Waals surface area contributed by atoms with Gasteiger partial charge in [0, 0.05) is 0 Å². The molecule has 5 atom stereocenters. The highest BCUT2D eigenvalue weighted by atomic mass is 32.1. The summed E-state index contributed by atoms with van der Waals surface area (Å²) in [4.78, 5) is 9.32. The zero-order valence-electron chi connectivity index (χ0n) is 8.94. The Morgan fingerprint density at radius 3 is 2.19 bits per heavy atom. The molecular weight excluding hydrogens is 236 g/mol. The lowest BCUT2D eigenvalue weighted by Gasteiger charge is -2.47. The van der Waals surface area contributed by atoms with Crippen molar-refractivity contribution >= 4 is 18.6 Å². The molecule has 0 aromatic heterocycles. The van der Waals surface area contributed by atoms with Gasteiger partial charge in [-0.3, -0.25) is 0 Å². The normalized spacial score (nSPS) is 44.7. The van der Waals surface area contributed by atoms with E-state index < -0.39 is 35.3 Å². The molecule has 6 nitrogen and oxygen atoms in total. The Balaban J connectivity index is 3.03.